The van der Waals surface area contributed by atoms with Crippen molar-refractivity contribution in [2.75, 3.05) is 0 Å². The number of carbonyl (C=O) groups excluding carboxylic acids is 1. The molecule has 1 spiro atoms. The van der Waals surface area contributed by atoms with E-state index in [1.54, 1.807) is 0 Å². The van der Waals surface area contributed by atoms with E-state index in [1.165, 1.54) is 30.4 Å². The van der Waals surface area contributed by atoms with Crippen molar-refractivity contribution in [1.29, 1.82) is 0 Å². The maximum absolute atomic E-state index is 12.2. The SMILES string of the molecule is CC1=C2C(=O)CC(C)C23CCC(C3)C1(C)C. The standard InChI is InChI=1S/C15H22O/c1-9-7-12(16)13-10(2)14(3,4)11-5-6-15(9,13)8-11/h9,11H,5-8H2,1-4H3. The van der Waals surface area contributed by atoms with Crippen LogP contribution in [0.5, 0.6) is 0 Å². The van der Waals surface area contributed by atoms with E-state index in [1.807, 2.05) is 0 Å². The van der Waals surface area contributed by atoms with Gasteiger partial charge in [0.05, 0.1) is 0 Å². The summed E-state index contributed by atoms with van der Waals surface area (Å²) >= 11 is 0. The zero-order chi connectivity index (χ0) is 11.7. The van der Waals surface area contributed by atoms with Crippen LogP contribution in [-0.4, -0.2) is 5.78 Å². The molecular weight excluding hydrogens is 196 g/mol. The van der Waals surface area contributed by atoms with Gasteiger partial charge in [0.15, 0.2) is 5.78 Å². The lowest BCUT2D eigenvalue weighted by atomic mass is 9.61. The van der Waals surface area contributed by atoms with Crippen molar-refractivity contribution in [3.05, 3.63) is 11.1 Å². The lowest BCUT2D eigenvalue weighted by molar-refractivity contribution is -0.115. The van der Waals surface area contributed by atoms with Crippen LogP contribution in [0.4, 0.5) is 0 Å². The fourth-order valence-corrected chi connectivity index (χ4v) is 4.68. The van der Waals surface area contributed by atoms with Crippen molar-refractivity contribution >= 4 is 5.78 Å². The minimum absolute atomic E-state index is 0.259. The Bertz CT molecular complexity index is 402. The second-order valence-corrected chi connectivity index (χ2v) is 6.85. The molecule has 2 fully saturated rings. The number of Topliss-reactive ketones (excluding diaryl/α,β-unsaturated/α-hetero) is 1. The highest BCUT2D eigenvalue weighted by molar-refractivity contribution is 6.00. The van der Waals surface area contributed by atoms with Gasteiger partial charge in [-0.05, 0) is 43.4 Å². The van der Waals surface area contributed by atoms with E-state index in [-0.39, 0.29) is 5.41 Å². The third-order valence-corrected chi connectivity index (χ3v) is 6.12. The minimum Gasteiger partial charge on any atom is -0.295 e. The van der Waals surface area contributed by atoms with Gasteiger partial charge < -0.3 is 0 Å². The molecule has 0 aliphatic heterocycles. The van der Waals surface area contributed by atoms with E-state index in [0.29, 0.717) is 17.1 Å². The number of hydrogen-bond donors (Lipinski definition) is 0. The molecule has 3 unspecified atom stereocenters. The molecule has 88 valence electrons. The Morgan fingerprint density at radius 1 is 1.31 bits per heavy atom. The monoisotopic (exact) mass is 218 g/mol. The summed E-state index contributed by atoms with van der Waals surface area (Å²) in [4.78, 5) is 12.2. The number of fused-ring (bicyclic) bond motifs is 1. The second kappa shape index (κ2) is 2.80. The maximum Gasteiger partial charge on any atom is 0.159 e. The Hall–Kier alpha value is -0.590. The average molecular weight is 218 g/mol. The molecule has 0 saturated heterocycles. The van der Waals surface area contributed by atoms with Gasteiger partial charge in [-0.2, -0.15) is 0 Å². The van der Waals surface area contributed by atoms with Gasteiger partial charge in [0.2, 0.25) is 0 Å². The summed E-state index contributed by atoms with van der Waals surface area (Å²) in [5, 5.41) is 0. The number of ketones is 1. The molecule has 3 rings (SSSR count). The van der Waals surface area contributed by atoms with Crippen molar-refractivity contribution in [2.24, 2.45) is 22.7 Å². The molecule has 0 N–H and O–H groups in total. The van der Waals surface area contributed by atoms with Gasteiger partial charge in [0.1, 0.15) is 0 Å². The molecule has 3 atom stereocenters. The zero-order valence-electron chi connectivity index (χ0n) is 10.9. The Labute approximate surface area is 98.3 Å². The van der Waals surface area contributed by atoms with Crippen LogP contribution < -0.4 is 0 Å². The van der Waals surface area contributed by atoms with Crippen LogP contribution in [0.25, 0.3) is 0 Å². The molecular formula is C15H22O. The predicted octanol–water partition coefficient (Wildman–Crippen LogP) is 3.74. The van der Waals surface area contributed by atoms with Crippen LogP contribution in [0.15, 0.2) is 11.1 Å². The van der Waals surface area contributed by atoms with Crippen LogP contribution in [-0.2, 0) is 4.79 Å². The topological polar surface area (TPSA) is 17.1 Å². The highest BCUT2D eigenvalue weighted by Crippen LogP contribution is 2.66. The maximum atomic E-state index is 12.2. The first-order valence-electron chi connectivity index (χ1n) is 6.64. The van der Waals surface area contributed by atoms with Crippen LogP contribution >= 0.6 is 0 Å². The van der Waals surface area contributed by atoms with E-state index < -0.39 is 0 Å². The lowest BCUT2D eigenvalue weighted by Gasteiger charge is -2.43. The van der Waals surface area contributed by atoms with Crippen LogP contribution in [0, 0.1) is 22.7 Å². The summed E-state index contributed by atoms with van der Waals surface area (Å²) in [6.07, 6.45) is 4.67. The van der Waals surface area contributed by atoms with Crippen molar-refractivity contribution in [1.82, 2.24) is 0 Å². The molecule has 0 aromatic heterocycles. The Morgan fingerprint density at radius 2 is 2.00 bits per heavy atom. The Kier molecular flexibility index (Phi) is 1.85. The molecule has 2 bridgehead atoms. The van der Waals surface area contributed by atoms with E-state index in [4.69, 9.17) is 0 Å². The van der Waals surface area contributed by atoms with E-state index in [0.717, 1.165) is 12.3 Å². The van der Waals surface area contributed by atoms with Gasteiger partial charge in [-0.1, -0.05) is 26.3 Å². The highest BCUT2D eigenvalue weighted by Gasteiger charge is 2.59. The highest BCUT2D eigenvalue weighted by atomic mass is 16.1. The number of hydrogen-bond acceptors (Lipinski definition) is 1. The van der Waals surface area contributed by atoms with Gasteiger partial charge in [-0.3, -0.25) is 4.79 Å². The van der Waals surface area contributed by atoms with Crippen molar-refractivity contribution in [3.63, 3.8) is 0 Å². The Morgan fingerprint density at radius 3 is 2.69 bits per heavy atom. The molecule has 0 aromatic rings. The summed E-state index contributed by atoms with van der Waals surface area (Å²) in [5.41, 5.74) is 3.21. The molecule has 16 heavy (non-hydrogen) atoms. The molecule has 0 aromatic carbocycles. The van der Waals surface area contributed by atoms with Crippen LogP contribution in [0.3, 0.4) is 0 Å². The van der Waals surface area contributed by atoms with Crippen molar-refractivity contribution < 1.29 is 4.79 Å². The molecule has 0 amide bonds. The molecule has 2 saturated carbocycles. The fraction of sp³-hybridized carbons (Fsp3) is 0.800. The molecule has 3 aliphatic rings. The fourth-order valence-electron chi connectivity index (χ4n) is 4.68. The van der Waals surface area contributed by atoms with E-state index >= 15 is 0 Å². The second-order valence-electron chi connectivity index (χ2n) is 6.85. The Balaban J connectivity index is 2.25. The molecule has 3 aliphatic carbocycles. The van der Waals surface area contributed by atoms with Crippen LogP contribution in [0.2, 0.25) is 0 Å². The van der Waals surface area contributed by atoms with Gasteiger partial charge in [0, 0.05) is 17.4 Å². The van der Waals surface area contributed by atoms with Gasteiger partial charge in [-0.25, -0.2) is 0 Å². The first-order valence-corrected chi connectivity index (χ1v) is 6.64. The number of allylic oxidation sites excluding steroid dienone is 2. The van der Waals surface area contributed by atoms with Crippen LogP contribution in [0.1, 0.15) is 53.4 Å². The smallest absolute Gasteiger partial charge is 0.159 e. The normalized spacial score (nSPS) is 45.1. The lowest BCUT2D eigenvalue weighted by Crippen LogP contribution is -2.35. The minimum atomic E-state index is 0.259. The van der Waals surface area contributed by atoms with Gasteiger partial charge in [-0.15, -0.1) is 0 Å². The summed E-state index contributed by atoms with van der Waals surface area (Å²) in [6.45, 7) is 9.19. The molecule has 1 nitrogen and oxygen atoms in total. The largest absolute Gasteiger partial charge is 0.295 e. The predicted molar refractivity (Wildman–Crippen MR) is 65.0 cm³/mol. The first kappa shape index (κ1) is 10.6. The van der Waals surface area contributed by atoms with E-state index in [2.05, 4.69) is 27.7 Å². The average Bonchev–Trinajstić information content (AvgIpc) is 2.69. The van der Waals surface area contributed by atoms with Gasteiger partial charge in [0.25, 0.3) is 0 Å². The third kappa shape index (κ3) is 0.959. The molecule has 0 radical (unpaired) electrons. The molecule has 0 heterocycles. The number of carbonyl (C=O) groups is 1. The van der Waals surface area contributed by atoms with Crippen molar-refractivity contribution in [2.45, 2.75) is 53.4 Å². The summed E-state index contributed by atoms with van der Waals surface area (Å²) in [6, 6.07) is 0. The van der Waals surface area contributed by atoms with Gasteiger partial charge >= 0.3 is 0 Å². The van der Waals surface area contributed by atoms with Crippen molar-refractivity contribution in [3.8, 4) is 0 Å². The summed E-state index contributed by atoms with van der Waals surface area (Å²) in [7, 11) is 0. The van der Waals surface area contributed by atoms with E-state index in [9.17, 15) is 4.79 Å². The third-order valence-electron chi connectivity index (χ3n) is 6.12. The summed E-state index contributed by atoms with van der Waals surface area (Å²) in [5.74, 6) is 1.86. The quantitative estimate of drug-likeness (QED) is 0.605. The number of rotatable bonds is 0. The first-order chi connectivity index (χ1) is 7.39. The summed E-state index contributed by atoms with van der Waals surface area (Å²) < 4.78 is 0. The zero-order valence-corrected chi connectivity index (χ0v) is 10.9. The molecule has 1 heteroatoms.